The Hall–Kier alpha value is -3.87. The fourth-order valence-electron chi connectivity index (χ4n) is 8.77. The van der Waals surface area contributed by atoms with Crippen molar-refractivity contribution in [2.75, 3.05) is 63.8 Å². The highest BCUT2D eigenvalue weighted by Crippen LogP contribution is 2.28. The highest BCUT2D eigenvalue weighted by Gasteiger charge is 2.32. The normalized spacial score (nSPS) is 21.0. The Morgan fingerprint density at radius 2 is 1.63 bits per heavy atom. The van der Waals surface area contributed by atoms with Gasteiger partial charge in [0.25, 0.3) is 11.5 Å². The molecule has 1 atom stereocenters. The van der Waals surface area contributed by atoms with Crippen LogP contribution in [0.2, 0.25) is 0 Å². The third kappa shape index (κ3) is 8.83. The van der Waals surface area contributed by atoms with Crippen LogP contribution in [0.1, 0.15) is 86.3 Å². The molecule has 2 amide bonds. The minimum absolute atomic E-state index is 0.0370. The third-order valence-electron chi connectivity index (χ3n) is 12.1. The summed E-state index contributed by atoms with van der Waals surface area (Å²) in [6, 6.07) is 7.62. The summed E-state index contributed by atoms with van der Waals surface area (Å²) >= 11 is 0. The topological polar surface area (TPSA) is 144 Å². The molecule has 0 aromatic carbocycles. The monoisotopic (exact) mass is 711 g/mol. The molecule has 280 valence electrons. The van der Waals surface area contributed by atoms with Gasteiger partial charge in [0.15, 0.2) is 0 Å². The van der Waals surface area contributed by atoms with Crippen LogP contribution in [0, 0.1) is 11.8 Å². The van der Waals surface area contributed by atoms with Crippen molar-refractivity contribution in [3.05, 3.63) is 63.8 Å². The van der Waals surface area contributed by atoms with Crippen LogP contribution in [0.25, 0.3) is 11.0 Å². The average Bonchev–Trinajstić information content (AvgIpc) is 3.19. The van der Waals surface area contributed by atoms with Crippen molar-refractivity contribution in [3.63, 3.8) is 0 Å². The van der Waals surface area contributed by atoms with Gasteiger partial charge in [0, 0.05) is 83.2 Å². The van der Waals surface area contributed by atoms with E-state index in [1.165, 1.54) is 19.3 Å². The van der Waals surface area contributed by atoms with Gasteiger partial charge in [-0.05, 0) is 86.6 Å². The van der Waals surface area contributed by atoms with E-state index in [-0.39, 0.29) is 29.5 Å². The van der Waals surface area contributed by atoms with Crippen LogP contribution >= 0.6 is 0 Å². The number of H-pyrrole nitrogens is 1. The molecular formula is C40H57N9O3. The van der Waals surface area contributed by atoms with Crippen molar-refractivity contribution in [2.24, 2.45) is 17.6 Å². The SMILES string of the molecule is CCc1cc2ncc(CN3CCN(c4ccc(C(=O)NC5CCN(CC6CCN(C(=O)[C@H](N)C7CCCCC7)CC6)CC5)nc4)CC3)cc2[nH]c1=O. The molecule has 3 aromatic heterocycles. The second-order valence-electron chi connectivity index (χ2n) is 15.7. The number of aryl methyl sites for hydroxylation is 1. The first-order chi connectivity index (χ1) is 25.3. The van der Waals surface area contributed by atoms with E-state index in [4.69, 9.17) is 5.73 Å². The standard InChI is InChI=1S/C40H57N9O3/c1-2-30-23-35-36(45-38(30)50)22-29(24-42-35)27-47-18-20-48(21-19-47)33-8-9-34(43-25-33)39(51)44-32-12-14-46(15-13-32)26-28-10-16-49(17-11-28)40(52)37(41)31-6-4-3-5-7-31/h8-9,22-25,28,31-32,37H,2-7,10-21,26-27,41H2,1H3,(H,44,51)(H,45,50)/t37-/m1/s1. The number of carbonyl (C=O) groups is 2. The predicted octanol–water partition coefficient (Wildman–Crippen LogP) is 3.54. The Labute approximate surface area is 307 Å². The number of pyridine rings is 3. The van der Waals surface area contributed by atoms with Crippen LogP contribution in [-0.2, 0) is 17.8 Å². The Morgan fingerprint density at radius 3 is 2.33 bits per heavy atom. The smallest absolute Gasteiger partial charge is 0.270 e. The first-order valence-corrected chi connectivity index (χ1v) is 19.8. The number of nitrogens with zero attached hydrogens (tertiary/aromatic N) is 6. The maximum absolute atomic E-state index is 13.1. The van der Waals surface area contributed by atoms with E-state index in [2.05, 4.69) is 35.0 Å². The van der Waals surface area contributed by atoms with E-state index in [9.17, 15) is 14.4 Å². The molecule has 3 aromatic rings. The number of piperazine rings is 1. The maximum Gasteiger partial charge on any atom is 0.270 e. The zero-order valence-electron chi connectivity index (χ0n) is 30.9. The zero-order valence-corrected chi connectivity index (χ0v) is 30.9. The Morgan fingerprint density at radius 1 is 0.885 bits per heavy atom. The highest BCUT2D eigenvalue weighted by atomic mass is 16.2. The Bertz CT molecular complexity index is 1720. The number of nitrogens with one attached hydrogen (secondary N) is 2. The summed E-state index contributed by atoms with van der Waals surface area (Å²) in [7, 11) is 0. The first-order valence-electron chi connectivity index (χ1n) is 19.8. The van der Waals surface area contributed by atoms with Gasteiger partial charge in [-0.1, -0.05) is 26.2 Å². The number of rotatable bonds is 10. The fourth-order valence-corrected chi connectivity index (χ4v) is 8.77. The van der Waals surface area contributed by atoms with Crippen molar-refractivity contribution in [2.45, 2.75) is 89.8 Å². The van der Waals surface area contributed by atoms with Crippen LogP contribution in [0.5, 0.6) is 0 Å². The largest absolute Gasteiger partial charge is 0.368 e. The number of anilines is 1. The van der Waals surface area contributed by atoms with E-state index in [1.807, 2.05) is 48.5 Å². The number of fused-ring (bicyclic) bond motifs is 1. The van der Waals surface area contributed by atoms with Crippen molar-refractivity contribution >= 4 is 28.5 Å². The molecule has 3 aliphatic heterocycles. The molecule has 12 heteroatoms. The second-order valence-corrected chi connectivity index (χ2v) is 15.7. The average molecular weight is 712 g/mol. The van der Waals surface area contributed by atoms with E-state index in [1.54, 1.807) is 0 Å². The number of hydrogen-bond donors (Lipinski definition) is 3. The minimum Gasteiger partial charge on any atom is -0.368 e. The van der Waals surface area contributed by atoms with Crippen LogP contribution < -0.4 is 21.5 Å². The lowest BCUT2D eigenvalue weighted by atomic mass is 9.83. The summed E-state index contributed by atoms with van der Waals surface area (Å²) in [4.78, 5) is 59.9. The van der Waals surface area contributed by atoms with Gasteiger partial charge in [-0.2, -0.15) is 0 Å². The molecule has 1 aliphatic carbocycles. The molecule has 1 saturated carbocycles. The van der Waals surface area contributed by atoms with E-state index < -0.39 is 0 Å². The van der Waals surface area contributed by atoms with Crippen LogP contribution in [0.4, 0.5) is 5.69 Å². The quantitative estimate of drug-likeness (QED) is 0.288. The molecule has 12 nitrogen and oxygen atoms in total. The van der Waals surface area contributed by atoms with Gasteiger partial charge in [0.05, 0.1) is 29.0 Å². The van der Waals surface area contributed by atoms with E-state index in [0.29, 0.717) is 24.0 Å². The molecule has 0 radical (unpaired) electrons. The molecule has 7 rings (SSSR count). The van der Waals surface area contributed by atoms with Crippen molar-refractivity contribution in [1.29, 1.82) is 0 Å². The lowest BCUT2D eigenvalue weighted by Gasteiger charge is -2.39. The molecule has 0 spiro atoms. The number of nitrogens with two attached hydrogens (primary N) is 1. The molecule has 4 aliphatic rings. The van der Waals surface area contributed by atoms with Gasteiger partial charge in [-0.3, -0.25) is 24.3 Å². The lowest BCUT2D eigenvalue weighted by molar-refractivity contribution is -0.135. The van der Waals surface area contributed by atoms with Gasteiger partial charge < -0.3 is 30.7 Å². The van der Waals surface area contributed by atoms with Crippen molar-refractivity contribution in [3.8, 4) is 0 Å². The molecule has 52 heavy (non-hydrogen) atoms. The third-order valence-corrected chi connectivity index (χ3v) is 12.1. The first kappa shape index (κ1) is 36.5. The summed E-state index contributed by atoms with van der Waals surface area (Å²) < 4.78 is 0. The van der Waals surface area contributed by atoms with Crippen LogP contribution in [-0.4, -0.2) is 112 Å². The molecule has 3 saturated heterocycles. The zero-order chi connectivity index (χ0) is 36.0. The molecule has 0 bridgehead atoms. The number of aromatic nitrogens is 3. The summed E-state index contributed by atoms with van der Waals surface area (Å²) in [5.74, 6) is 1.04. The molecule has 6 heterocycles. The number of likely N-dealkylation sites (tertiary alicyclic amines) is 2. The lowest BCUT2D eigenvalue weighted by Crippen LogP contribution is -2.51. The number of hydrogen-bond acceptors (Lipinski definition) is 9. The number of aromatic amines is 1. The van der Waals surface area contributed by atoms with Gasteiger partial charge in [0.1, 0.15) is 5.69 Å². The summed E-state index contributed by atoms with van der Waals surface area (Å²) in [6.45, 7) is 11.0. The van der Waals surface area contributed by atoms with Gasteiger partial charge in [-0.15, -0.1) is 0 Å². The van der Waals surface area contributed by atoms with Gasteiger partial charge >= 0.3 is 0 Å². The van der Waals surface area contributed by atoms with Crippen LogP contribution in [0.3, 0.4) is 0 Å². The second kappa shape index (κ2) is 16.9. The Balaban J connectivity index is 0.802. The van der Waals surface area contributed by atoms with Crippen molar-refractivity contribution in [1.82, 2.24) is 35.0 Å². The number of carbonyl (C=O) groups excluding carboxylic acids is 2. The number of amides is 2. The van der Waals surface area contributed by atoms with E-state index >= 15 is 0 Å². The predicted molar refractivity (Wildman–Crippen MR) is 204 cm³/mol. The molecule has 4 N–H and O–H groups in total. The fraction of sp³-hybridized carbons (Fsp3) is 0.625. The maximum atomic E-state index is 13.1. The summed E-state index contributed by atoms with van der Waals surface area (Å²) in [5, 5.41) is 3.23. The number of piperidine rings is 2. The highest BCUT2D eigenvalue weighted by molar-refractivity contribution is 5.92. The van der Waals surface area contributed by atoms with Gasteiger partial charge in [-0.25, -0.2) is 4.98 Å². The molecular weight excluding hydrogens is 654 g/mol. The van der Waals surface area contributed by atoms with Crippen molar-refractivity contribution < 1.29 is 9.59 Å². The summed E-state index contributed by atoms with van der Waals surface area (Å²) in [5.41, 5.74) is 11.3. The van der Waals surface area contributed by atoms with Gasteiger partial charge in [0.2, 0.25) is 5.91 Å². The minimum atomic E-state index is -0.322. The molecule has 0 unspecified atom stereocenters. The Kier molecular flexibility index (Phi) is 11.8. The van der Waals surface area contributed by atoms with E-state index in [0.717, 1.165) is 132 Å². The molecule has 4 fully saturated rings. The van der Waals surface area contributed by atoms with Crippen LogP contribution in [0.15, 0.2) is 41.5 Å². The summed E-state index contributed by atoms with van der Waals surface area (Å²) in [6.07, 6.45) is 14.3.